The lowest BCUT2D eigenvalue weighted by atomic mass is 9.93. The highest BCUT2D eigenvalue weighted by Crippen LogP contribution is 2.48. The van der Waals surface area contributed by atoms with E-state index in [0.29, 0.717) is 11.4 Å². The van der Waals surface area contributed by atoms with Crippen LogP contribution in [0.15, 0.2) is 156 Å². The fraction of sp³-hybridized carbons (Fsp3) is 0. The lowest BCUT2D eigenvalue weighted by Gasteiger charge is -2.11. The Morgan fingerprint density at radius 2 is 1.14 bits per heavy atom. The predicted molar refractivity (Wildman–Crippen MR) is 208 cm³/mol. The molecular weight excluding hydrogens is 631 g/mol. The quantitative estimate of drug-likeness (QED) is 0.177. The molecule has 11 aromatic rings. The summed E-state index contributed by atoms with van der Waals surface area (Å²) in [5, 5.41) is 8.83. The van der Waals surface area contributed by atoms with Crippen molar-refractivity contribution in [1.29, 1.82) is 0 Å². The number of pyridine rings is 1. The van der Waals surface area contributed by atoms with E-state index in [1.807, 2.05) is 59.9 Å². The Bertz CT molecular complexity index is 3090. The van der Waals surface area contributed by atoms with Crippen LogP contribution in [0.5, 0.6) is 0 Å². The Balaban J connectivity index is 1.08. The topological polar surface area (TPSA) is 51.8 Å². The minimum Gasteiger partial charge on any atom is -0.452 e. The maximum atomic E-state index is 6.61. The molecule has 0 N–H and O–H groups in total. The van der Waals surface area contributed by atoms with Gasteiger partial charge in [-0.25, -0.2) is 15.0 Å². The normalized spacial score (nSPS) is 12.0. The lowest BCUT2D eigenvalue weighted by molar-refractivity contribution is 0.667. The zero-order chi connectivity index (χ0) is 32.8. The molecule has 11 rings (SSSR count). The van der Waals surface area contributed by atoms with Crippen molar-refractivity contribution in [3.05, 3.63) is 152 Å². The van der Waals surface area contributed by atoms with Crippen LogP contribution in [0, 0.1) is 0 Å². The van der Waals surface area contributed by atoms with Crippen molar-refractivity contribution in [3.8, 4) is 45.2 Å². The molecule has 7 aromatic carbocycles. The second kappa shape index (κ2) is 10.5. The van der Waals surface area contributed by atoms with Gasteiger partial charge >= 0.3 is 0 Å². The van der Waals surface area contributed by atoms with Gasteiger partial charge in [-0.15, -0.1) is 11.3 Å². The summed E-state index contributed by atoms with van der Waals surface area (Å²) >= 11 is 1.86. The average Bonchev–Trinajstić information content (AvgIpc) is 3.77. The molecule has 0 bridgehead atoms. The number of nitrogens with zero attached hydrogens (tertiary/aromatic N) is 3. The molecule has 0 atom stereocenters. The van der Waals surface area contributed by atoms with Crippen LogP contribution in [0.1, 0.15) is 0 Å². The van der Waals surface area contributed by atoms with E-state index in [-0.39, 0.29) is 0 Å². The number of hydrogen-bond donors (Lipinski definition) is 0. The Hall–Kier alpha value is -6.43. The van der Waals surface area contributed by atoms with Crippen LogP contribution >= 0.6 is 11.3 Å². The lowest BCUT2D eigenvalue weighted by Crippen LogP contribution is -1.93. The van der Waals surface area contributed by atoms with Crippen LogP contribution in [-0.4, -0.2) is 15.0 Å². The van der Waals surface area contributed by atoms with Crippen LogP contribution in [0.4, 0.5) is 0 Å². The van der Waals surface area contributed by atoms with Crippen LogP contribution in [0.3, 0.4) is 0 Å². The van der Waals surface area contributed by atoms with Gasteiger partial charge in [0.2, 0.25) is 0 Å². The largest absolute Gasteiger partial charge is 0.452 e. The molecule has 50 heavy (non-hydrogen) atoms. The molecule has 4 heterocycles. The summed E-state index contributed by atoms with van der Waals surface area (Å²) in [6, 6.07) is 52.9. The molecular formula is C45H25N3OS. The number of rotatable bonds is 4. The van der Waals surface area contributed by atoms with Crippen molar-refractivity contribution < 1.29 is 4.42 Å². The standard InChI is InChI=1S/C45H25N3OS/c1-3-11-26(12-4-1)41-43-42(48-45(47-41)27-13-5-2-6-14-27)34-22-21-28(25-37(34)49-43)35-18-10-19-36(46-35)33-24-23-32-30-16-8-7-15-29(30)31-17-9-20-38-39(31)40(32)44(33)50-38/h1-25H. The summed E-state index contributed by atoms with van der Waals surface area (Å²) in [4.78, 5) is 15.3. The monoisotopic (exact) mass is 655 g/mol. The molecule has 0 saturated heterocycles. The van der Waals surface area contributed by atoms with Crippen molar-refractivity contribution in [3.63, 3.8) is 0 Å². The van der Waals surface area contributed by atoms with Gasteiger partial charge < -0.3 is 4.42 Å². The molecule has 0 aliphatic rings. The maximum absolute atomic E-state index is 6.61. The molecule has 0 saturated carbocycles. The van der Waals surface area contributed by atoms with E-state index >= 15 is 0 Å². The van der Waals surface area contributed by atoms with Gasteiger partial charge in [0.15, 0.2) is 11.4 Å². The molecule has 0 amide bonds. The van der Waals surface area contributed by atoms with Gasteiger partial charge in [-0.05, 0) is 51.9 Å². The molecule has 0 spiro atoms. The van der Waals surface area contributed by atoms with E-state index in [9.17, 15) is 0 Å². The summed E-state index contributed by atoms with van der Waals surface area (Å²) < 4.78 is 9.19. The highest BCUT2D eigenvalue weighted by Gasteiger charge is 2.21. The van der Waals surface area contributed by atoms with Gasteiger partial charge in [0.05, 0.1) is 11.4 Å². The van der Waals surface area contributed by atoms with E-state index in [1.165, 1.54) is 41.7 Å². The molecule has 0 aliphatic heterocycles. The smallest absolute Gasteiger partial charge is 0.180 e. The number of benzene rings is 7. The van der Waals surface area contributed by atoms with Crippen LogP contribution in [0.25, 0.3) is 109 Å². The van der Waals surface area contributed by atoms with E-state index in [1.54, 1.807) is 0 Å². The third kappa shape index (κ3) is 4.01. The first-order chi connectivity index (χ1) is 24.8. The van der Waals surface area contributed by atoms with Crippen LogP contribution < -0.4 is 0 Å². The zero-order valence-corrected chi connectivity index (χ0v) is 27.4. The molecule has 5 heteroatoms. The Morgan fingerprint density at radius 3 is 1.96 bits per heavy atom. The molecule has 4 nitrogen and oxygen atoms in total. The van der Waals surface area contributed by atoms with Gasteiger partial charge in [0.1, 0.15) is 16.8 Å². The fourth-order valence-corrected chi connectivity index (χ4v) is 8.86. The fourth-order valence-electron chi connectivity index (χ4n) is 7.58. The highest BCUT2D eigenvalue weighted by atomic mass is 32.1. The number of furan rings is 1. The SMILES string of the molecule is c1ccc(-c2nc(-c3ccccc3)c3oc4cc(-c5cccc(-c6ccc7c8ccccc8c8cccc9sc6c7c98)n5)ccc4c3n2)cc1. The third-order valence-electron chi connectivity index (χ3n) is 9.87. The van der Waals surface area contributed by atoms with Gasteiger partial charge in [0, 0.05) is 47.8 Å². The van der Waals surface area contributed by atoms with E-state index in [2.05, 4.69) is 103 Å². The first-order valence-corrected chi connectivity index (χ1v) is 17.5. The van der Waals surface area contributed by atoms with Crippen molar-refractivity contribution >= 4 is 75.1 Å². The molecule has 0 unspecified atom stereocenters. The van der Waals surface area contributed by atoms with Crippen LogP contribution in [-0.2, 0) is 0 Å². The van der Waals surface area contributed by atoms with Crippen LogP contribution in [0.2, 0.25) is 0 Å². The van der Waals surface area contributed by atoms with Crippen molar-refractivity contribution in [2.45, 2.75) is 0 Å². The summed E-state index contributed by atoms with van der Waals surface area (Å²) in [5.74, 6) is 0.673. The molecule has 0 fully saturated rings. The van der Waals surface area contributed by atoms with Gasteiger partial charge in [-0.2, -0.15) is 0 Å². The second-order valence-corrected chi connectivity index (χ2v) is 13.8. The summed E-state index contributed by atoms with van der Waals surface area (Å²) in [6.07, 6.45) is 0. The minimum absolute atomic E-state index is 0.673. The zero-order valence-electron chi connectivity index (χ0n) is 26.6. The highest BCUT2D eigenvalue weighted by molar-refractivity contribution is 7.26. The van der Waals surface area contributed by atoms with Crippen molar-refractivity contribution in [2.24, 2.45) is 0 Å². The molecule has 0 radical (unpaired) electrons. The molecule has 232 valence electrons. The Morgan fingerprint density at radius 1 is 0.460 bits per heavy atom. The average molecular weight is 656 g/mol. The number of fused-ring (bicyclic) bond motifs is 6. The Labute approximate surface area is 290 Å². The molecule has 4 aromatic heterocycles. The number of thiophene rings is 1. The summed E-state index contributed by atoms with van der Waals surface area (Å²) in [6.45, 7) is 0. The summed E-state index contributed by atoms with van der Waals surface area (Å²) in [7, 11) is 0. The van der Waals surface area contributed by atoms with E-state index < -0.39 is 0 Å². The van der Waals surface area contributed by atoms with Gasteiger partial charge in [0.25, 0.3) is 0 Å². The second-order valence-electron chi connectivity index (χ2n) is 12.7. The predicted octanol–water partition coefficient (Wildman–Crippen LogP) is 12.6. The van der Waals surface area contributed by atoms with E-state index in [0.717, 1.165) is 55.8 Å². The van der Waals surface area contributed by atoms with Gasteiger partial charge in [-0.1, -0.05) is 121 Å². The summed E-state index contributed by atoms with van der Waals surface area (Å²) in [5.41, 5.74) is 8.94. The van der Waals surface area contributed by atoms with Gasteiger partial charge in [-0.3, -0.25) is 0 Å². The molecule has 0 aliphatic carbocycles. The maximum Gasteiger partial charge on any atom is 0.180 e. The minimum atomic E-state index is 0.673. The number of hydrogen-bond acceptors (Lipinski definition) is 5. The third-order valence-corrected chi connectivity index (χ3v) is 11.1. The first kappa shape index (κ1) is 27.5. The first-order valence-electron chi connectivity index (χ1n) is 16.7. The van der Waals surface area contributed by atoms with Crippen molar-refractivity contribution in [1.82, 2.24) is 15.0 Å². The van der Waals surface area contributed by atoms with Crippen molar-refractivity contribution in [2.75, 3.05) is 0 Å². The Kier molecular flexibility index (Phi) is 5.80. The number of aromatic nitrogens is 3. The van der Waals surface area contributed by atoms with E-state index in [4.69, 9.17) is 19.4 Å².